The van der Waals surface area contributed by atoms with E-state index in [0.29, 0.717) is 6.61 Å². The Bertz CT molecular complexity index is 402. The minimum atomic E-state index is -0.287. The van der Waals surface area contributed by atoms with E-state index in [1.165, 1.54) is 0 Å². The number of halogens is 1. The van der Waals surface area contributed by atoms with Crippen LogP contribution in [0.5, 0.6) is 5.75 Å². The summed E-state index contributed by atoms with van der Waals surface area (Å²) < 4.78 is 5.59. The third-order valence-corrected chi connectivity index (χ3v) is 3.39. The van der Waals surface area contributed by atoms with E-state index in [-0.39, 0.29) is 4.87 Å². The summed E-state index contributed by atoms with van der Waals surface area (Å²) in [6, 6.07) is 7.99. The van der Waals surface area contributed by atoms with Crippen molar-refractivity contribution in [1.82, 2.24) is 0 Å². The Morgan fingerprint density at radius 2 is 1.89 bits per heavy atom. The van der Waals surface area contributed by atoms with Gasteiger partial charge in [-0.2, -0.15) is 0 Å². The second-order valence-electron chi connectivity index (χ2n) is 4.34. The highest BCUT2D eigenvalue weighted by Crippen LogP contribution is 2.32. The molecular weight excluding hydrogens is 244 g/mol. The molecule has 0 fully saturated rings. The van der Waals surface area contributed by atoms with E-state index < -0.39 is 0 Å². The van der Waals surface area contributed by atoms with Gasteiger partial charge in [0.05, 0.1) is 4.87 Å². The van der Waals surface area contributed by atoms with Crippen molar-refractivity contribution in [2.45, 2.75) is 32.1 Å². The van der Waals surface area contributed by atoms with Crippen molar-refractivity contribution in [2.24, 2.45) is 0 Å². The predicted octanol–water partition coefficient (Wildman–Crippen LogP) is 5.06. The molecule has 0 spiro atoms. The number of benzene rings is 1. The van der Waals surface area contributed by atoms with Crippen molar-refractivity contribution in [2.75, 3.05) is 6.61 Å². The third kappa shape index (κ3) is 4.58. The zero-order chi connectivity index (χ0) is 13.4. The average Bonchev–Trinajstić information content (AvgIpc) is 2.39. The SMILES string of the molecule is C/C=C\C=C/COc1ccc(C(C)(Cl)CC)cc1. The summed E-state index contributed by atoms with van der Waals surface area (Å²) in [7, 11) is 0. The van der Waals surface area contributed by atoms with Crippen LogP contribution in [0.1, 0.15) is 32.8 Å². The van der Waals surface area contributed by atoms with Gasteiger partial charge in [0.25, 0.3) is 0 Å². The van der Waals surface area contributed by atoms with E-state index in [2.05, 4.69) is 6.92 Å². The van der Waals surface area contributed by atoms with Gasteiger partial charge >= 0.3 is 0 Å². The first-order valence-electron chi connectivity index (χ1n) is 6.30. The lowest BCUT2D eigenvalue weighted by Crippen LogP contribution is -2.11. The molecule has 2 heteroatoms. The molecule has 1 aromatic rings. The fourth-order valence-electron chi connectivity index (χ4n) is 1.49. The van der Waals surface area contributed by atoms with E-state index in [1.807, 2.05) is 62.4 Å². The van der Waals surface area contributed by atoms with Crippen LogP contribution in [0, 0.1) is 0 Å². The number of ether oxygens (including phenoxy) is 1. The monoisotopic (exact) mass is 264 g/mol. The largest absolute Gasteiger partial charge is 0.490 e. The predicted molar refractivity (Wildman–Crippen MR) is 79.4 cm³/mol. The molecule has 0 N–H and O–H groups in total. The van der Waals surface area contributed by atoms with Crippen LogP contribution in [0.3, 0.4) is 0 Å². The summed E-state index contributed by atoms with van der Waals surface area (Å²) in [6.07, 6.45) is 8.82. The molecule has 0 saturated carbocycles. The van der Waals surface area contributed by atoms with Gasteiger partial charge in [-0.1, -0.05) is 37.3 Å². The van der Waals surface area contributed by atoms with Gasteiger partial charge in [0.2, 0.25) is 0 Å². The molecule has 0 aromatic heterocycles. The van der Waals surface area contributed by atoms with Crippen molar-refractivity contribution >= 4 is 11.6 Å². The molecule has 0 saturated heterocycles. The normalized spacial score (nSPS) is 15.1. The van der Waals surface area contributed by atoms with Gasteiger partial charge in [0.15, 0.2) is 0 Å². The summed E-state index contributed by atoms with van der Waals surface area (Å²) in [5, 5.41) is 0. The molecular formula is C16H21ClO. The van der Waals surface area contributed by atoms with E-state index >= 15 is 0 Å². The summed E-state index contributed by atoms with van der Waals surface area (Å²) in [5.41, 5.74) is 1.13. The Morgan fingerprint density at radius 1 is 1.22 bits per heavy atom. The van der Waals surface area contributed by atoms with Crippen LogP contribution in [0.2, 0.25) is 0 Å². The fourth-order valence-corrected chi connectivity index (χ4v) is 1.62. The second kappa shape index (κ2) is 7.27. The molecule has 1 rings (SSSR count). The Balaban J connectivity index is 2.56. The molecule has 0 amide bonds. The molecule has 0 aliphatic carbocycles. The lowest BCUT2D eigenvalue weighted by molar-refractivity contribution is 0.362. The number of allylic oxidation sites excluding steroid dienone is 3. The molecule has 1 unspecified atom stereocenters. The van der Waals surface area contributed by atoms with Crippen LogP contribution in [0.25, 0.3) is 0 Å². The minimum Gasteiger partial charge on any atom is -0.490 e. The van der Waals surface area contributed by atoms with E-state index in [0.717, 1.165) is 17.7 Å². The maximum atomic E-state index is 6.40. The van der Waals surface area contributed by atoms with Crippen molar-refractivity contribution < 1.29 is 4.74 Å². The van der Waals surface area contributed by atoms with Crippen LogP contribution in [0.15, 0.2) is 48.6 Å². The van der Waals surface area contributed by atoms with Gasteiger partial charge in [0, 0.05) is 0 Å². The maximum absolute atomic E-state index is 6.40. The van der Waals surface area contributed by atoms with Gasteiger partial charge in [-0.05, 0) is 44.0 Å². The Labute approximate surface area is 115 Å². The molecule has 1 aromatic carbocycles. The van der Waals surface area contributed by atoms with Crippen LogP contribution < -0.4 is 4.74 Å². The zero-order valence-electron chi connectivity index (χ0n) is 11.3. The lowest BCUT2D eigenvalue weighted by atomic mass is 9.98. The standard InChI is InChI=1S/C16H21ClO/c1-4-6-7-8-13-18-15-11-9-14(10-12-15)16(3,17)5-2/h4,6-12H,5,13H2,1-3H3/b6-4-,8-7-. The third-order valence-electron chi connectivity index (χ3n) is 2.91. The van der Waals surface area contributed by atoms with E-state index in [4.69, 9.17) is 16.3 Å². The second-order valence-corrected chi connectivity index (χ2v) is 5.17. The molecule has 1 atom stereocenters. The zero-order valence-corrected chi connectivity index (χ0v) is 12.1. The van der Waals surface area contributed by atoms with Gasteiger partial charge in [-0.3, -0.25) is 0 Å². The first-order valence-corrected chi connectivity index (χ1v) is 6.68. The number of hydrogen-bond donors (Lipinski definition) is 0. The van der Waals surface area contributed by atoms with E-state index in [9.17, 15) is 0 Å². The van der Waals surface area contributed by atoms with Crippen molar-refractivity contribution in [3.63, 3.8) is 0 Å². The molecule has 0 aliphatic rings. The smallest absolute Gasteiger partial charge is 0.119 e. The molecule has 0 heterocycles. The minimum absolute atomic E-state index is 0.287. The fraction of sp³-hybridized carbons (Fsp3) is 0.375. The number of hydrogen-bond acceptors (Lipinski definition) is 1. The molecule has 18 heavy (non-hydrogen) atoms. The highest BCUT2D eigenvalue weighted by molar-refractivity contribution is 6.23. The first kappa shape index (κ1) is 14.8. The summed E-state index contributed by atoms with van der Waals surface area (Å²) in [5.74, 6) is 0.868. The van der Waals surface area contributed by atoms with Crippen LogP contribution in [-0.2, 0) is 4.87 Å². The number of alkyl halides is 1. The molecule has 0 bridgehead atoms. The van der Waals surface area contributed by atoms with Crippen molar-refractivity contribution in [3.05, 3.63) is 54.1 Å². The molecule has 98 valence electrons. The summed E-state index contributed by atoms with van der Waals surface area (Å²) in [4.78, 5) is -0.287. The quantitative estimate of drug-likeness (QED) is 0.515. The van der Waals surface area contributed by atoms with E-state index in [1.54, 1.807) is 0 Å². The highest BCUT2D eigenvalue weighted by atomic mass is 35.5. The van der Waals surface area contributed by atoms with Gasteiger partial charge in [0.1, 0.15) is 12.4 Å². The Morgan fingerprint density at radius 3 is 2.44 bits per heavy atom. The first-order chi connectivity index (χ1) is 8.60. The average molecular weight is 265 g/mol. The number of rotatable bonds is 6. The van der Waals surface area contributed by atoms with Crippen molar-refractivity contribution in [3.8, 4) is 5.75 Å². The van der Waals surface area contributed by atoms with Gasteiger partial charge in [-0.15, -0.1) is 11.6 Å². The topological polar surface area (TPSA) is 9.23 Å². The summed E-state index contributed by atoms with van der Waals surface area (Å²) in [6.45, 7) is 6.68. The Kier molecular flexibility index (Phi) is 6.00. The van der Waals surface area contributed by atoms with Crippen LogP contribution in [-0.4, -0.2) is 6.61 Å². The molecule has 0 radical (unpaired) electrons. The van der Waals surface area contributed by atoms with Crippen molar-refractivity contribution in [1.29, 1.82) is 0 Å². The Hall–Kier alpha value is -1.21. The maximum Gasteiger partial charge on any atom is 0.119 e. The summed E-state index contributed by atoms with van der Waals surface area (Å²) >= 11 is 6.40. The van der Waals surface area contributed by atoms with Crippen LogP contribution in [0.4, 0.5) is 0 Å². The lowest BCUT2D eigenvalue weighted by Gasteiger charge is -2.20. The molecule has 0 aliphatic heterocycles. The highest BCUT2D eigenvalue weighted by Gasteiger charge is 2.20. The molecule has 1 nitrogen and oxygen atoms in total. The van der Waals surface area contributed by atoms with Gasteiger partial charge in [-0.25, -0.2) is 0 Å². The van der Waals surface area contributed by atoms with Gasteiger partial charge < -0.3 is 4.74 Å². The van der Waals surface area contributed by atoms with Crippen LogP contribution >= 0.6 is 11.6 Å².